The number of amides is 2. The molecular formula is C27H25N5O3. The van der Waals surface area contributed by atoms with Crippen molar-refractivity contribution >= 4 is 28.5 Å². The van der Waals surface area contributed by atoms with Crippen molar-refractivity contribution in [3.8, 4) is 5.82 Å². The van der Waals surface area contributed by atoms with Gasteiger partial charge in [-0.3, -0.25) is 14.2 Å². The van der Waals surface area contributed by atoms with Crippen LogP contribution in [0.25, 0.3) is 16.9 Å². The third-order valence-electron chi connectivity index (χ3n) is 7.16. The van der Waals surface area contributed by atoms with Crippen molar-refractivity contribution in [2.45, 2.75) is 32.2 Å². The minimum Gasteiger partial charge on any atom is -0.356 e. The minimum absolute atomic E-state index is 0.122. The summed E-state index contributed by atoms with van der Waals surface area (Å²) in [7, 11) is 0. The lowest BCUT2D eigenvalue weighted by Gasteiger charge is -2.31. The van der Waals surface area contributed by atoms with E-state index in [1.165, 1.54) is 9.13 Å². The Balaban J connectivity index is 1.26. The van der Waals surface area contributed by atoms with Gasteiger partial charge >= 0.3 is 5.69 Å². The number of nitrogens with zero attached hydrogens (tertiary/aromatic N) is 3. The van der Waals surface area contributed by atoms with Crippen molar-refractivity contribution in [1.29, 1.82) is 0 Å². The number of hydrogen-bond acceptors (Lipinski definition) is 4. The van der Waals surface area contributed by atoms with Crippen LogP contribution in [0.1, 0.15) is 24.0 Å². The van der Waals surface area contributed by atoms with E-state index in [9.17, 15) is 14.4 Å². The number of aromatic nitrogens is 3. The van der Waals surface area contributed by atoms with Crippen molar-refractivity contribution in [2.75, 3.05) is 11.9 Å². The summed E-state index contributed by atoms with van der Waals surface area (Å²) in [5.74, 6) is 0.348. The summed E-state index contributed by atoms with van der Waals surface area (Å²) in [6.07, 6.45) is 4.94. The predicted octanol–water partition coefficient (Wildman–Crippen LogP) is 2.82. The third-order valence-corrected chi connectivity index (χ3v) is 7.16. The Bertz CT molecular complexity index is 1520. The number of imidazole rings is 1. The van der Waals surface area contributed by atoms with Crippen LogP contribution in [0.3, 0.4) is 0 Å². The van der Waals surface area contributed by atoms with Crippen LogP contribution in [0.15, 0.2) is 71.7 Å². The Morgan fingerprint density at radius 2 is 1.80 bits per heavy atom. The highest BCUT2D eigenvalue weighted by Crippen LogP contribution is 2.43. The molecule has 6 rings (SSSR count). The summed E-state index contributed by atoms with van der Waals surface area (Å²) in [4.78, 5) is 43.2. The molecule has 0 saturated carbocycles. The van der Waals surface area contributed by atoms with Crippen molar-refractivity contribution < 1.29 is 9.59 Å². The summed E-state index contributed by atoms with van der Waals surface area (Å²) < 4.78 is 2.99. The highest BCUT2D eigenvalue weighted by molar-refractivity contribution is 5.92. The third kappa shape index (κ3) is 3.62. The second-order valence-electron chi connectivity index (χ2n) is 9.41. The maximum absolute atomic E-state index is 13.3. The van der Waals surface area contributed by atoms with E-state index in [-0.39, 0.29) is 29.5 Å². The molecule has 4 aromatic rings. The van der Waals surface area contributed by atoms with Gasteiger partial charge in [0.1, 0.15) is 12.4 Å². The number of rotatable bonds is 4. The Hall–Kier alpha value is -4.20. The fourth-order valence-electron chi connectivity index (χ4n) is 5.51. The lowest BCUT2D eigenvalue weighted by molar-refractivity contribution is -0.133. The van der Waals surface area contributed by atoms with Gasteiger partial charge in [-0.2, -0.15) is 0 Å². The average Bonchev–Trinajstić information content (AvgIpc) is 3.37. The van der Waals surface area contributed by atoms with Crippen molar-refractivity contribution in [2.24, 2.45) is 5.41 Å². The minimum atomic E-state index is -0.357. The molecule has 2 N–H and O–H groups in total. The van der Waals surface area contributed by atoms with E-state index >= 15 is 0 Å². The molecule has 2 aromatic carbocycles. The summed E-state index contributed by atoms with van der Waals surface area (Å²) in [5, 5.41) is 5.95. The van der Waals surface area contributed by atoms with Gasteiger partial charge in [-0.1, -0.05) is 24.3 Å². The van der Waals surface area contributed by atoms with E-state index in [4.69, 9.17) is 0 Å². The molecule has 0 radical (unpaired) electrons. The molecule has 1 fully saturated rings. The van der Waals surface area contributed by atoms with Crippen molar-refractivity contribution in [1.82, 2.24) is 19.4 Å². The van der Waals surface area contributed by atoms with Crippen LogP contribution in [0.4, 0.5) is 5.69 Å². The van der Waals surface area contributed by atoms with Gasteiger partial charge < -0.3 is 10.6 Å². The van der Waals surface area contributed by atoms with Gasteiger partial charge in [-0.25, -0.2) is 14.3 Å². The summed E-state index contributed by atoms with van der Waals surface area (Å²) in [5.41, 5.74) is 3.61. The van der Waals surface area contributed by atoms with Gasteiger partial charge in [0.2, 0.25) is 11.8 Å². The zero-order valence-corrected chi connectivity index (χ0v) is 19.2. The fraction of sp³-hybridized carbons (Fsp3) is 0.259. The molecule has 8 nitrogen and oxygen atoms in total. The molecule has 1 unspecified atom stereocenters. The largest absolute Gasteiger partial charge is 0.356 e. The quantitative estimate of drug-likeness (QED) is 0.482. The standard InChI is InChI=1S/C27H25N5O3/c33-24(30-20-10-9-18-15-27(16-19(18)14-20)11-5-13-29-25(27)34)17-31-21-6-1-2-7-22(21)32(26(31)35)23-8-3-4-12-28-23/h1-4,6-10,12,14H,5,11,13,15-17H2,(H,29,34)(H,30,33). The first kappa shape index (κ1) is 21.3. The van der Waals surface area contributed by atoms with Gasteiger partial charge in [0.05, 0.1) is 16.4 Å². The number of carbonyl (C=O) groups is 2. The lowest BCUT2D eigenvalue weighted by atomic mass is 9.77. The highest BCUT2D eigenvalue weighted by Gasteiger charge is 2.44. The molecule has 1 aliphatic heterocycles. The van der Waals surface area contributed by atoms with Crippen LogP contribution in [-0.2, 0) is 29.0 Å². The number of piperidine rings is 1. The fourth-order valence-corrected chi connectivity index (χ4v) is 5.51. The second kappa shape index (κ2) is 8.23. The maximum atomic E-state index is 13.3. The Labute approximate surface area is 201 Å². The molecule has 8 heteroatoms. The van der Waals surface area contributed by atoms with E-state index in [1.807, 2.05) is 48.5 Å². The van der Waals surface area contributed by atoms with Crippen LogP contribution >= 0.6 is 0 Å². The Morgan fingerprint density at radius 3 is 2.60 bits per heavy atom. The van der Waals surface area contributed by atoms with Crippen LogP contribution in [0, 0.1) is 5.41 Å². The lowest BCUT2D eigenvalue weighted by Crippen LogP contribution is -2.46. The molecule has 1 aliphatic carbocycles. The molecule has 3 heterocycles. The van der Waals surface area contributed by atoms with E-state index in [0.717, 1.165) is 36.9 Å². The van der Waals surface area contributed by atoms with Gasteiger partial charge in [0.15, 0.2) is 0 Å². The molecule has 1 atom stereocenters. The molecule has 0 bridgehead atoms. The van der Waals surface area contributed by atoms with Gasteiger partial charge in [-0.05, 0) is 73.2 Å². The van der Waals surface area contributed by atoms with Gasteiger partial charge in [-0.15, -0.1) is 0 Å². The molecule has 35 heavy (non-hydrogen) atoms. The molecule has 1 spiro atoms. The molecular weight excluding hydrogens is 442 g/mol. The number of nitrogens with one attached hydrogen (secondary N) is 2. The van der Waals surface area contributed by atoms with Crippen LogP contribution in [-0.4, -0.2) is 32.5 Å². The number of para-hydroxylation sites is 2. The first-order valence-electron chi connectivity index (χ1n) is 11.9. The molecule has 2 aliphatic rings. The molecule has 2 aromatic heterocycles. The summed E-state index contributed by atoms with van der Waals surface area (Å²) in [6, 6.07) is 18.6. The average molecular weight is 468 g/mol. The normalized spacial score (nSPS) is 19.0. The molecule has 1 saturated heterocycles. The number of benzene rings is 2. The monoisotopic (exact) mass is 467 g/mol. The number of fused-ring (bicyclic) bond motifs is 2. The summed E-state index contributed by atoms with van der Waals surface area (Å²) in [6.45, 7) is 0.622. The number of pyridine rings is 1. The Kier molecular flexibility index (Phi) is 5.02. The molecule has 2 amide bonds. The number of anilines is 1. The van der Waals surface area contributed by atoms with Crippen molar-refractivity contribution in [3.63, 3.8) is 0 Å². The number of hydrogen-bond donors (Lipinski definition) is 2. The first-order valence-corrected chi connectivity index (χ1v) is 11.9. The zero-order chi connectivity index (χ0) is 24.0. The van der Waals surface area contributed by atoms with E-state index < -0.39 is 0 Å². The van der Waals surface area contributed by atoms with Crippen molar-refractivity contribution in [3.05, 3.63) is 88.5 Å². The van der Waals surface area contributed by atoms with Crippen LogP contribution < -0.4 is 16.3 Å². The van der Waals surface area contributed by atoms with E-state index in [0.29, 0.717) is 29.0 Å². The highest BCUT2D eigenvalue weighted by atomic mass is 16.2. The zero-order valence-electron chi connectivity index (χ0n) is 19.2. The van der Waals surface area contributed by atoms with Gasteiger partial charge in [0.25, 0.3) is 0 Å². The SMILES string of the molecule is O=C(Cn1c(=O)n(-c2ccccn2)c2ccccc21)Nc1ccc2c(c1)CC1(CCCNC1=O)C2. The smallest absolute Gasteiger partial charge is 0.335 e. The van der Waals surface area contributed by atoms with E-state index in [2.05, 4.69) is 15.6 Å². The molecule has 176 valence electrons. The predicted molar refractivity (Wildman–Crippen MR) is 132 cm³/mol. The summed E-state index contributed by atoms with van der Waals surface area (Å²) >= 11 is 0. The van der Waals surface area contributed by atoms with Gasteiger partial charge in [0, 0.05) is 18.4 Å². The van der Waals surface area contributed by atoms with Crippen LogP contribution in [0.2, 0.25) is 0 Å². The topological polar surface area (TPSA) is 98.0 Å². The number of carbonyl (C=O) groups excluding carboxylic acids is 2. The second-order valence-corrected chi connectivity index (χ2v) is 9.41. The maximum Gasteiger partial charge on any atom is 0.335 e. The first-order chi connectivity index (χ1) is 17.0. The van der Waals surface area contributed by atoms with Crippen LogP contribution in [0.5, 0.6) is 0 Å². The Morgan fingerprint density at radius 1 is 1.00 bits per heavy atom. The van der Waals surface area contributed by atoms with E-state index in [1.54, 1.807) is 18.3 Å².